The third kappa shape index (κ3) is 11.7. The SMILES string of the molecule is CC(C)(C)c1cc(-c2c(F)cccc2Cl)c2oc(-c3ccccc3)nc2c1.CC(C)(C)c1cc(-c2c(F)cccc2Cl)cc2nc(-c3ccccc3)oc12.CC(C)(C)c1cc(O)cc(-c2c(F)cccc2Cl)c1. The van der Waals surface area contributed by atoms with Crippen molar-refractivity contribution in [1.82, 2.24) is 9.97 Å². The number of halogens is 6. The molecule has 0 aliphatic carbocycles. The predicted molar refractivity (Wildman–Crippen MR) is 294 cm³/mol. The Bertz CT molecular complexity index is 3550. The van der Waals surface area contributed by atoms with Gasteiger partial charge >= 0.3 is 0 Å². The highest BCUT2D eigenvalue weighted by Gasteiger charge is 2.26. The van der Waals surface area contributed by atoms with Crippen LogP contribution in [0.3, 0.4) is 0 Å². The van der Waals surface area contributed by atoms with Gasteiger partial charge in [0, 0.05) is 38.9 Å². The van der Waals surface area contributed by atoms with Crippen LogP contribution in [0.1, 0.15) is 79.0 Å². The van der Waals surface area contributed by atoms with Crippen molar-refractivity contribution in [3.05, 3.63) is 207 Å². The molecule has 2 aromatic heterocycles. The van der Waals surface area contributed by atoms with Crippen LogP contribution in [0.5, 0.6) is 5.75 Å². The molecular formula is C62H54Cl3F3N2O3. The van der Waals surface area contributed by atoms with Crippen molar-refractivity contribution in [2.45, 2.75) is 78.6 Å². The number of hydrogen-bond donors (Lipinski definition) is 1. The van der Waals surface area contributed by atoms with Gasteiger partial charge in [0.15, 0.2) is 11.2 Å². The minimum Gasteiger partial charge on any atom is -0.508 e. The summed E-state index contributed by atoms with van der Waals surface area (Å²) in [5, 5.41) is 10.9. The van der Waals surface area contributed by atoms with E-state index in [1.54, 1.807) is 42.5 Å². The van der Waals surface area contributed by atoms with Crippen LogP contribution in [0.4, 0.5) is 13.2 Å². The molecule has 0 saturated heterocycles. The number of nitrogens with zero attached hydrogens (tertiary/aromatic N) is 2. The van der Waals surface area contributed by atoms with Crippen LogP contribution in [-0.2, 0) is 16.2 Å². The summed E-state index contributed by atoms with van der Waals surface area (Å²) in [4.78, 5) is 9.34. The lowest BCUT2D eigenvalue weighted by Gasteiger charge is -2.20. The highest BCUT2D eigenvalue weighted by molar-refractivity contribution is 6.34. The fourth-order valence-corrected chi connectivity index (χ4v) is 9.09. The normalized spacial score (nSPS) is 11.8. The summed E-state index contributed by atoms with van der Waals surface area (Å²) >= 11 is 18.7. The van der Waals surface area contributed by atoms with Crippen molar-refractivity contribution >= 4 is 57.0 Å². The van der Waals surface area contributed by atoms with Gasteiger partial charge in [-0.2, -0.15) is 0 Å². The molecule has 5 nitrogen and oxygen atoms in total. The number of aromatic hydroxyl groups is 1. The van der Waals surface area contributed by atoms with Gasteiger partial charge < -0.3 is 13.9 Å². The van der Waals surface area contributed by atoms with Crippen LogP contribution >= 0.6 is 34.8 Å². The quantitative estimate of drug-likeness (QED) is 0.186. The topological polar surface area (TPSA) is 72.3 Å². The number of benzene rings is 8. The summed E-state index contributed by atoms with van der Waals surface area (Å²) in [5.74, 6) is 0.0407. The third-order valence-electron chi connectivity index (χ3n) is 12.2. The van der Waals surface area contributed by atoms with Crippen LogP contribution < -0.4 is 0 Å². The summed E-state index contributed by atoms with van der Waals surface area (Å²) in [6.45, 7) is 18.7. The molecule has 0 unspecified atom stereocenters. The summed E-state index contributed by atoms with van der Waals surface area (Å²) in [5.41, 5.74) is 9.83. The van der Waals surface area contributed by atoms with E-state index >= 15 is 0 Å². The Labute approximate surface area is 439 Å². The smallest absolute Gasteiger partial charge is 0.227 e. The minimum atomic E-state index is -0.391. The summed E-state index contributed by atoms with van der Waals surface area (Å²) in [6.07, 6.45) is 0. The molecule has 10 rings (SSSR count). The Balaban J connectivity index is 0.000000149. The first-order valence-corrected chi connectivity index (χ1v) is 24.8. The molecule has 73 heavy (non-hydrogen) atoms. The number of phenolic OH excluding ortho intramolecular Hbond substituents is 1. The number of rotatable bonds is 5. The van der Waals surface area contributed by atoms with E-state index in [-0.39, 0.29) is 33.6 Å². The molecule has 10 aromatic rings. The minimum absolute atomic E-state index is 0.113. The lowest BCUT2D eigenvalue weighted by molar-refractivity contribution is 0.471. The predicted octanol–water partition coefficient (Wildman–Crippen LogP) is 19.7. The molecule has 0 bridgehead atoms. The summed E-state index contributed by atoms with van der Waals surface area (Å²) in [6, 6.07) is 46.2. The molecule has 0 radical (unpaired) electrons. The number of hydrogen-bond acceptors (Lipinski definition) is 5. The molecule has 0 amide bonds. The maximum absolute atomic E-state index is 14.7. The van der Waals surface area contributed by atoms with Crippen molar-refractivity contribution < 1.29 is 27.1 Å². The van der Waals surface area contributed by atoms with E-state index in [1.807, 2.05) is 112 Å². The molecule has 0 spiro atoms. The first kappa shape index (κ1) is 52.5. The molecule has 1 N–H and O–H groups in total. The van der Waals surface area contributed by atoms with Crippen LogP contribution in [-0.4, -0.2) is 15.1 Å². The Kier molecular flexibility index (Phi) is 15.1. The van der Waals surface area contributed by atoms with Gasteiger partial charge in [0.25, 0.3) is 0 Å². The zero-order valence-corrected chi connectivity index (χ0v) is 44.2. The van der Waals surface area contributed by atoms with Crippen molar-refractivity contribution in [2.24, 2.45) is 0 Å². The van der Waals surface area contributed by atoms with Crippen LogP contribution in [0, 0.1) is 17.5 Å². The second-order valence-corrected chi connectivity index (χ2v) is 22.0. The van der Waals surface area contributed by atoms with E-state index < -0.39 is 5.82 Å². The fourth-order valence-electron chi connectivity index (χ4n) is 8.28. The lowest BCUT2D eigenvalue weighted by Crippen LogP contribution is -2.11. The number of oxazole rings is 2. The molecule has 0 fully saturated rings. The van der Waals surface area contributed by atoms with Gasteiger partial charge in [-0.15, -0.1) is 0 Å². The van der Waals surface area contributed by atoms with Gasteiger partial charge in [-0.25, -0.2) is 23.1 Å². The number of aromatic nitrogens is 2. The number of phenols is 1. The molecule has 0 atom stereocenters. The Morgan fingerprint density at radius 1 is 0.411 bits per heavy atom. The van der Waals surface area contributed by atoms with E-state index in [0.717, 1.165) is 33.4 Å². The van der Waals surface area contributed by atoms with E-state index in [0.29, 0.717) is 76.8 Å². The first-order chi connectivity index (χ1) is 34.5. The monoisotopic (exact) mass is 1040 g/mol. The van der Waals surface area contributed by atoms with Crippen molar-refractivity contribution in [3.8, 4) is 62.0 Å². The maximum Gasteiger partial charge on any atom is 0.227 e. The average molecular weight is 1040 g/mol. The molecular weight excluding hydrogens is 984 g/mol. The van der Waals surface area contributed by atoms with Gasteiger partial charge in [0.05, 0.1) is 15.1 Å². The molecule has 8 aromatic carbocycles. The van der Waals surface area contributed by atoms with E-state index in [4.69, 9.17) is 43.6 Å². The van der Waals surface area contributed by atoms with Gasteiger partial charge in [0.2, 0.25) is 11.8 Å². The average Bonchev–Trinajstić information content (AvgIpc) is 3.97. The second-order valence-electron chi connectivity index (χ2n) is 20.8. The molecule has 0 saturated carbocycles. The molecule has 372 valence electrons. The lowest BCUT2D eigenvalue weighted by atomic mass is 9.84. The second kappa shape index (κ2) is 20.9. The van der Waals surface area contributed by atoms with Crippen molar-refractivity contribution in [3.63, 3.8) is 0 Å². The fraction of sp³-hybridized carbons (Fsp3) is 0.194. The van der Waals surface area contributed by atoms with E-state index in [9.17, 15) is 18.3 Å². The Morgan fingerprint density at radius 3 is 1.29 bits per heavy atom. The van der Waals surface area contributed by atoms with Gasteiger partial charge in [-0.3, -0.25) is 0 Å². The maximum atomic E-state index is 14.7. The zero-order chi connectivity index (χ0) is 52.6. The summed E-state index contributed by atoms with van der Waals surface area (Å²) < 4.78 is 55.3. The Hall–Kier alpha value is -6.84. The molecule has 11 heteroatoms. The molecule has 0 aliphatic heterocycles. The number of fused-ring (bicyclic) bond motifs is 2. The molecule has 2 heterocycles. The van der Waals surface area contributed by atoms with Gasteiger partial charge in [0.1, 0.15) is 34.2 Å². The van der Waals surface area contributed by atoms with Gasteiger partial charge in [-0.05, 0) is 136 Å². The van der Waals surface area contributed by atoms with Crippen LogP contribution in [0.25, 0.3) is 78.5 Å². The van der Waals surface area contributed by atoms with E-state index in [1.165, 1.54) is 24.3 Å². The largest absolute Gasteiger partial charge is 0.508 e. The first-order valence-electron chi connectivity index (χ1n) is 23.7. The van der Waals surface area contributed by atoms with E-state index in [2.05, 4.69) is 51.5 Å². The highest BCUT2D eigenvalue weighted by atomic mass is 35.5. The molecule has 0 aliphatic rings. The highest BCUT2D eigenvalue weighted by Crippen LogP contribution is 2.42. The van der Waals surface area contributed by atoms with Crippen LogP contribution in [0.2, 0.25) is 15.1 Å². The standard InChI is InChI=1S/2C23H19ClFNO.C16H16ClFO/c1-23(2,3)15-12-16(20-17(24)10-7-11-18(20)25)21-19(13-15)26-22(27-21)14-8-5-4-6-9-14;1-23(2,3)16-12-15(20-17(24)10-7-11-18(20)25)13-19-21(16)27-22(26-19)14-8-5-4-6-9-14;1-16(2,3)11-7-10(8-12(19)9-11)15-13(17)5-4-6-14(15)18/h2*4-13H,1-3H3;4-9,19H,1-3H3. The van der Waals surface area contributed by atoms with Crippen LogP contribution in [0.15, 0.2) is 167 Å². The Morgan fingerprint density at radius 2 is 0.836 bits per heavy atom. The third-order valence-corrected chi connectivity index (χ3v) is 13.2. The van der Waals surface area contributed by atoms with Gasteiger partial charge in [-0.1, -0.05) is 158 Å². The van der Waals surface area contributed by atoms with Crippen molar-refractivity contribution in [1.29, 1.82) is 0 Å². The van der Waals surface area contributed by atoms with Crippen molar-refractivity contribution in [2.75, 3.05) is 0 Å². The summed E-state index contributed by atoms with van der Waals surface area (Å²) in [7, 11) is 0. The zero-order valence-electron chi connectivity index (χ0n) is 41.9.